The molecular weight excluding hydrogens is 416 g/mol. The zero-order chi connectivity index (χ0) is 23.5. The smallest absolute Gasteiger partial charge is 0.408 e. The number of aromatic carboxylic acids is 1. The van der Waals surface area contributed by atoms with Crippen LogP contribution in [0.15, 0.2) is 22.6 Å². The van der Waals surface area contributed by atoms with E-state index < -0.39 is 23.7 Å². The maximum absolute atomic E-state index is 12.1. The van der Waals surface area contributed by atoms with Crippen LogP contribution in [0.3, 0.4) is 0 Å². The number of ether oxygens (including phenoxy) is 3. The van der Waals surface area contributed by atoms with Crippen molar-refractivity contribution in [1.82, 2.24) is 10.3 Å². The van der Waals surface area contributed by atoms with Crippen LogP contribution >= 0.6 is 0 Å². The molecule has 174 valence electrons. The van der Waals surface area contributed by atoms with E-state index in [1.54, 1.807) is 45.9 Å². The van der Waals surface area contributed by atoms with Crippen molar-refractivity contribution in [1.29, 1.82) is 0 Å². The molecule has 1 atom stereocenters. The fraction of sp³-hybridized carbons (Fsp3) is 0.522. The Labute approximate surface area is 187 Å². The number of amides is 1. The van der Waals surface area contributed by atoms with Crippen LogP contribution in [-0.2, 0) is 4.74 Å². The summed E-state index contributed by atoms with van der Waals surface area (Å²) in [5.41, 5.74) is -0.430. The molecule has 1 aliphatic rings. The summed E-state index contributed by atoms with van der Waals surface area (Å²) in [6.07, 6.45) is 1.62. The van der Waals surface area contributed by atoms with E-state index in [1.165, 1.54) is 0 Å². The first-order chi connectivity index (χ1) is 15.1. The van der Waals surface area contributed by atoms with Gasteiger partial charge < -0.3 is 29.1 Å². The molecule has 9 heteroatoms. The van der Waals surface area contributed by atoms with Crippen LogP contribution < -0.4 is 14.8 Å². The number of nitrogens with one attached hydrogen (secondary N) is 1. The summed E-state index contributed by atoms with van der Waals surface area (Å²) in [5, 5.41) is 12.2. The summed E-state index contributed by atoms with van der Waals surface area (Å²) in [6, 6.07) is 4.42. The van der Waals surface area contributed by atoms with Gasteiger partial charge in [0, 0.05) is 5.56 Å². The van der Waals surface area contributed by atoms with Crippen molar-refractivity contribution in [3.8, 4) is 23.0 Å². The van der Waals surface area contributed by atoms with Crippen molar-refractivity contribution < 1.29 is 33.3 Å². The molecule has 1 aromatic carbocycles. The number of hydrogen-bond acceptors (Lipinski definition) is 7. The summed E-state index contributed by atoms with van der Waals surface area (Å²) in [7, 11) is 0. The Morgan fingerprint density at radius 3 is 2.56 bits per heavy atom. The Morgan fingerprint density at radius 1 is 1.25 bits per heavy atom. The van der Waals surface area contributed by atoms with Crippen molar-refractivity contribution in [2.24, 2.45) is 5.92 Å². The minimum atomic E-state index is -1.26. The van der Waals surface area contributed by atoms with Gasteiger partial charge in [-0.1, -0.05) is 0 Å². The minimum Gasteiger partial charge on any atom is -0.490 e. The first kappa shape index (κ1) is 23.4. The number of hydrogen-bond donors (Lipinski definition) is 2. The number of carbonyl (C=O) groups excluding carboxylic acids is 1. The van der Waals surface area contributed by atoms with Gasteiger partial charge in [-0.05, 0) is 71.6 Å². The number of aromatic nitrogens is 1. The summed E-state index contributed by atoms with van der Waals surface area (Å²) >= 11 is 0. The average Bonchev–Trinajstić information content (AvgIpc) is 3.40. The van der Waals surface area contributed by atoms with E-state index >= 15 is 0 Å². The molecule has 0 radical (unpaired) electrons. The molecule has 2 aromatic rings. The molecular formula is C23H30N2O7. The van der Waals surface area contributed by atoms with Gasteiger partial charge in [-0.2, -0.15) is 0 Å². The molecule has 1 fully saturated rings. The molecule has 3 rings (SSSR count). The molecule has 32 heavy (non-hydrogen) atoms. The van der Waals surface area contributed by atoms with Crippen molar-refractivity contribution in [3.05, 3.63) is 29.7 Å². The van der Waals surface area contributed by atoms with Crippen molar-refractivity contribution in [2.45, 2.75) is 59.1 Å². The van der Waals surface area contributed by atoms with Gasteiger partial charge >= 0.3 is 12.1 Å². The number of alkyl carbamates (subject to hydrolysis) is 1. The number of carbonyl (C=O) groups is 2. The third kappa shape index (κ3) is 6.15. The number of oxazole rings is 1. The molecule has 1 aromatic heterocycles. The minimum absolute atomic E-state index is 0.0210. The van der Waals surface area contributed by atoms with Gasteiger partial charge in [-0.3, -0.25) is 0 Å². The van der Waals surface area contributed by atoms with Gasteiger partial charge in [-0.15, -0.1) is 0 Å². The Morgan fingerprint density at radius 2 is 1.97 bits per heavy atom. The number of benzene rings is 1. The maximum Gasteiger partial charge on any atom is 0.408 e. The van der Waals surface area contributed by atoms with E-state index in [2.05, 4.69) is 10.3 Å². The van der Waals surface area contributed by atoms with Crippen LogP contribution in [0.25, 0.3) is 11.5 Å². The first-order valence-corrected chi connectivity index (χ1v) is 10.7. The quantitative estimate of drug-likeness (QED) is 0.563. The lowest BCUT2D eigenvalue weighted by Crippen LogP contribution is -2.34. The van der Waals surface area contributed by atoms with Crippen LogP contribution in [0.1, 0.15) is 69.8 Å². The molecule has 0 bridgehead atoms. The lowest BCUT2D eigenvalue weighted by molar-refractivity contribution is 0.0498. The number of carboxylic acids is 1. The second-order valence-electron chi connectivity index (χ2n) is 8.75. The molecule has 0 unspecified atom stereocenters. The Balaban J connectivity index is 1.87. The second kappa shape index (κ2) is 9.50. The molecule has 1 heterocycles. The van der Waals surface area contributed by atoms with Gasteiger partial charge in [0.05, 0.1) is 19.3 Å². The third-order valence-corrected chi connectivity index (χ3v) is 4.64. The zero-order valence-electron chi connectivity index (χ0n) is 19.1. The Kier molecular flexibility index (Phi) is 6.96. The highest BCUT2D eigenvalue weighted by molar-refractivity contribution is 5.87. The van der Waals surface area contributed by atoms with Crippen molar-refractivity contribution in [3.63, 3.8) is 0 Å². The summed E-state index contributed by atoms with van der Waals surface area (Å²) in [5.74, 6) is 0.570. The number of carboxylic acid groups (broad SMARTS) is 1. The molecule has 0 saturated heterocycles. The van der Waals surface area contributed by atoms with E-state index in [0.717, 1.165) is 12.8 Å². The van der Waals surface area contributed by atoms with Crippen LogP contribution in [0, 0.1) is 5.92 Å². The SMILES string of the molecule is CCOc1ccc(-c2nc(C(=O)O)c([C@H](C)NC(=O)OC(C)(C)C)o2)cc1OCC1CC1. The summed E-state index contributed by atoms with van der Waals surface area (Å²) in [6.45, 7) is 9.78. The molecule has 0 aliphatic heterocycles. The maximum atomic E-state index is 12.1. The average molecular weight is 447 g/mol. The van der Waals surface area contributed by atoms with Gasteiger partial charge in [-0.25, -0.2) is 14.6 Å². The molecule has 1 amide bonds. The second-order valence-corrected chi connectivity index (χ2v) is 8.75. The van der Waals surface area contributed by atoms with E-state index in [9.17, 15) is 14.7 Å². The van der Waals surface area contributed by atoms with Crippen LogP contribution in [0.5, 0.6) is 11.5 Å². The van der Waals surface area contributed by atoms with E-state index in [1.807, 2.05) is 6.92 Å². The van der Waals surface area contributed by atoms with Gasteiger partial charge in [0.1, 0.15) is 5.60 Å². The normalized spacial score (nSPS) is 14.5. The van der Waals surface area contributed by atoms with Gasteiger partial charge in [0.15, 0.2) is 23.0 Å². The fourth-order valence-electron chi connectivity index (χ4n) is 2.97. The molecule has 1 saturated carbocycles. The topological polar surface area (TPSA) is 120 Å². The largest absolute Gasteiger partial charge is 0.490 e. The van der Waals surface area contributed by atoms with Crippen molar-refractivity contribution in [2.75, 3.05) is 13.2 Å². The predicted octanol–water partition coefficient (Wildman–Crippen LogP) is 4.81. The predicted molar refractivity (Wildman–Crippen MR) is 116 cm³/mol. The summed E-state index contributed by atoms with van der Waals surface area (Å²) in [4.78, 5) is 28.0. The first-order valence-electron chi connectivity index (χ1n) is 10.7. The standard InChI is InChI=1S/C23H30N2O7/c1-6-29-16-10-9-15(11-17(16)30-12-14-7-8-14)20-25-18(21(26)27)19(31-20)13(2)24-22(28)32-23(3,4)5/h9-11,13-14H,6-8,12H2,1-5H3,(H,24,28)(H,26,27)/t13-/m0/s1. The summed E-state index contributed by atoms with van der Waals surface area (Å²) < 4.78 is 22.6. The van der Waals surface area contributed by atoms with Crippen LogP contribution in [0.4, 0.5) is 4.79 Å². The van der Waals surface area contributed by atoms with E-state index in [4.69, 9.17) is 18.6 Å². The molecule has 9 nitrogen and oxygen atoms in total. The van der Waals surface area contributed by atoms with Crippen molar-refractivity contribution >= 4 is 12.1 Å². The lowest BCUT2D eigenvalue weighted by atomic mass is 10.2. The van der Waals surface area contributed by atoms with Gasteiger partial charge in [0.25, 0.3) is 0 Å². The monoisotopic (exact) mass is 446 g/mol. The number of nitrogens with zero attached hydrogens (tertiary/aromatic N) is 1. The van der Waals surface area contributed by atoms with Gasteiger partial charge in [0.2, 0.25) is 5.89 Å². The zero-order valence-corrected chi connectivity index (χ0v) is 19.1. The van der Waals surface area contributed by atoms with E-state index in [-0.39, 0.29) is 17.3 Å². The van der Waals surface area contributed by atoms with Crippen LogP contribution in [0.2, 0.25) is 0 Å². The highest BCUT2D eigenvalue weighted by Gasteiger charge is 2.28. The highest BCUT2D eigenvalue weighted by atomic mass is 16.6. The lowest BCUT2D eigenvalue weighted by Gasteiger charge is -2.21. The molecule has 0 spiro atoms. The fourth-order valence-corrected chi connectivity index (χ4v) is 2.97. The van der Waals surface area contributed by atoms with Crippen LogP contribution in [-0.4, -0.2) is 41.0 Å². The number of rotatable bonds is 9. The highest BCUT2D eigenvalue weighted by Crippen LogP contribution is 2.36. The molecule has 1 aliphatic carbocycles. The Hall–Kier alpha value is -3.23. The molecule has 2 N–H and O–H groups in total. The third-order valence-electron chi connectivity index (χ3n) is 4.64. The Bertz CT molecular complexity index is 973. The van der Waals surface area contributed by atoms with E-state index in [0.29, 0.717) is 36.2 Å².